The molecule has 0 saturated carbocycles. The first-order valence-corrected chi connectivity index (χ1v) is 13.2. The number of benzene rings is 2. The highest BCUT2D eigenvalue weighted by atomic mass is 35.5. The number of carbonyl (C=O) groups excluding carboxylic acids is 2. The predicted molar refractivity (Wildman–Crippen MR) is 143 cm³/mol. The van der Waals surface area contributed by atoms with Crippen LogP contribution >= 0.6 is 11.6 Å². The van der Waals surface area contributed by atoms with Crippen LogP contribution in [0.4, 0.5) is 18.9 Å². The van der Waals surface area contributed by atoms with Crippen molar-refractivity contribution in [2.75, 3.05) is 25.0 Å². The molecule has 2 aromatic carbocycles. The van der Waals surface area contributed by atoms with E-state index in [0.717, 1.165) is 30.2 Å². The molecule has 1 aliphatic heterocycles. The molecule has 2 amide bonds. The monoisotopic (exact) mass is 556 g/mol. The molecule has 2 aliphatic rings. The SMILES string of the molecule is CN(C(=O)c1ccc2c(c1)[C@H](NC(=O)c1ccccc1Cl)CC2)C1CCN(c2ccncc2C(F)(F)F)CC1. The van der Waals surface area contributed by atoms with Crippen molar-refractivity contribution in [3.8, 4) is 0 Å². The Morgan fingerprint density at radius 3 is 2.54 bits per heavy atom. The number of fused-ring (bicyclic) bond motifs is 1. The third-order valence-electron chi connectivity index (χ3n) is 7.67. The molecule has 0 spiro atoms. The maximum absolute atomic E-state index is 13.4. The van der Waals surface area contributed by atoms with Crippen molar-refractivity contribution in [2.45, 2.75) is 43.9 Å². The molecular weight excluding hydrogens is 529 g/mol. The van der Waals surface area contributed by atoms with Crippen molar-refractivity contribution in [1.82, 2.24) is 15.2 Å². The number of anilines is 1. The van der Waals surface area contributed by atoms with E-state index in [0.29, 0.717) is 42.1 Å². The molecule has 5 rings (SSSR count). The van der Waals surface area contributed by atoms with E-state index in [2.05, 4.69) is 10.3 Å². The molecule has 0 unspecified atom stereocenters. The molecule has 0 bridgehead atoms. The first-order chi connectivity index (χ1) is 18.6. The molecular formula is C29H28ClF3N4O2. The second kappa shape index (κ2) is 10.9. The third kappa shape index (κ3) is 5.59. The van der Waals surface area contributed by atoms with Crippen LogP contribution in [0.5, 0.6) is 0 Å². The Labute approximate surface area is 229 Å². The lowest BCUT2D eigenvalue weighted by Gasteiger charge is -2.38. The van der Waals surface area contributed by atoms with Crippen molar-refractivity contribution < 1.29 is 22.8 Å². The normalized spacial score (nSPS) is 17.6. The van der Waals surface area contributed by atoms with Gasteiger partial charge in [-0.2, -0.15) is 13.2 Å². The Morgan fingerprint density at radius 1 is 1.08 bits per heavy atom. The minimum Gasteiger partial charge on any atom is -0.371 e. The second-order valence-corrected chi connectivity index (χ2v) is 10.4. The number of alkyl halides is 3. The molecule has 0 radical (unpaired) electrons. The van der Waals surface area contributed by atoms with Crippen LogP contribution in [-0.4, -0.2) is 47.9 Å². The Morgan fingerprint density at radius 2 is 1.82 bits per heavy atom. The van der Waals surface area contributed by atoms with E-state index in [4.69, 9.17) is 11.6 Å². The van der Waals surface area contributed by atoms with Gasteiger partial charge in [0.2, 0.25) is 0 Å². The van der Waals surface area contributed by atoms with Gasteiger partial charge in [0.25, 0.3) is 11.8 Å². The van der Waals surface area contributed by atoms with Gasteiger partial charge in [0.1, 0.15) is 0 Å². The molecule has 1 fully saturated rings. The van der Waals surface area contributed by atoms with Gasteiger partial charge < -0.3 is 15.1 Å². The average molecular weight is 557 g/mol. The van der Waals surface area contributed by atoms with E-state index in [1.165, 1.54) is 12.3 Å². The zero-order chi connectivity index (χ0) is 27.7. The van der Waals surface area contributed by atoms with Crippen molar-refractivity contribution in [3.05, 3.63) is 93.8 Å². The molecule has 2 heterocycles. The topological polar surface area (TPSA) is 65.5 Å². The fraction of sp³-hybridized carbons (Fsp3) is 0.345. The number of piperidine rings is 1. The lowest BCUT2D eigenvalue weighted by atomic mass is 9.99. The van der Waals surface area contributed by atoms with E-state index in [1.807, 2.05) is 12.1 Å². The average Bonchev–Trinajstić information content (AvgIpc) is 3.33. The Balaban J connectivity index is 1.25. The fourth-order valence-electron chi connectivity index (χ4n) is 5.51. The summed E-state index contributed by atoms with van der Waals surface area (Å²) >= 11 is 6.18. The maximum atomic E-state index is 13.4. The number of nitrogens with zero attached hydrogens (tertiary/aromatic N) is 3. The van der Waals surface area contributed by atoms with Crippen LogP contribution in [0.3, 0.4) is 0 Å². The van der Waals surface area contributed by atoms with E-state index >= 15 is 0 Å². The highest BCUT2D eigenvalue weighted by Crippen LogP contribution is 2.37. The van der Waals surface area contributed by atoms with Crippen LogP contribution in [0.2, 0.25) is 5.02 Å². The Hall–Kier alpha value is -3.59. The quantitative estimate of drug-likeness (QED) is 0.424. The smallest absolute Gasteiger partial charge is 0.371 e. The number of hydrogen-bond donors (Lipinski definition) is 1. The van der Waals surface area contributed by atoms with Gasteiger partial charge in [-0.25, -0.2) is 0 Å². The number of nitrogens with one attached hydrogen (secondary N) is 1. The van der Waals surface area contributed by atoms with Crippen LogP contribution in [0.1, 0.15) is 62.7 Å². The van der Waals surface area contributed by atoms with Crippen LogP contribution in [0.15, 0.2) is 60.9 Å². The summed E-state index contributed by atoms with van der Waals surface area (Å²) in [6, 6.07) is 13.5. The standard InChI is InChI=1S/C29H28ClF3N4O2/c1-36(20-11-14-37(15-12-20)26-10-13-34-17-23(26)29(31,32)33)28(39)19-7-6-18-8-9-25(22(18)16-19)35-27(38)21-4-2-3-5-24(21)30/h2-7,10,13,16-17,20,25H,8-9,11-12,14-15H2,1H3,(H,35,38)/t25-/m1/s1. The molecule has 204 valence electrons. The minimum atomic E-state index is -4.48. The zero-order valence-corrected chi connectivity index (χ0v) is 22.1. The molecule has 1 atom stereocenters. The van der Waals surface area contributed by atoms with Gasteiger partial charge in [0, 0.05) is 44.1 Å². The number of amides is 2. The summed E-state index contributed by atoms with van der Waals surface area (Å²) in [4.78, 5) is 33.3. The maximum Gasteiger partial charge on any atom is 0.419 e. The van der Waals surface area contributed by atoms with Crippen LogP contribution in [0, 0.1) is 0 Å². The molecule has 1 N–H and O–H groups in total. The first-order valence-electron chi connectivity index (χ1n) is 12.8. The number of aryl methyl sites for hydroxylation is 1. The number of aromatic nitrogens is 1. The summed E-state index contributed by atoms with van der Waals surface area (Å²) < 4.78 is 40.3. The lowest BCUT2D eigenvalue weighted by Crippen LogP contribution is -2.46. The third-order valence-corrected chi connectivity index (χ3v) is 8.00. The highest BCUT2D eigenvalue weighted by Gasteiger charge is 2.36. The van der Waals surface area contributed by atoms with E-state index in [1.54, 1.807) is 47.2 Å². The zero-order valence-electron chi connectivity index (χ0n) is 21.3. The molecule has 1 aliphatic carbocycles. The van der Waals surface area contributed by atoms with Crippen LogP contribution < -0.4 is 10.2 Å². The lowest BCUT2D eigenvalue weighted by molar-refractivity contribution is -0.137. The largest absolute Gasteiger partial charge is 0.419 e. The van der Waals surface area contributed by atoms with Gasteiger partial charge in [0.05, 0.1) is 27.9 Å². The summed E-state index contributed by atoms with van der Waals surface area (Å²) in [6.07, 6.45) is 0.352. The summed E-state index contributed by atoms with van der Waals surface area (Å²) in [5.41, 5.74) is 2.30. The summed E-state index contributed by atoms with van der Waals surface area (Å²) in [6.45, 7) is 0.797. The van der Waals surface area contributed by atoms with Gasteiger partial charge >= 0.3 is 6.18 Å². The number of carbonyl (C=O) groups is 2. The molecule has 10 heteroatoms. The van der Waals surface area contributed by atoms with Gasteiger partial charge in [-0.3, -0.25) is 14.6 Å². The van der Waals surface area contributed by atoms with E-state index in [-0.39, 0.29) is 29.6 Å². The fourth-order valence-corrected chi connectivity index (χ4v) is 5.73. The van der Waals surface area contributed by atoms with Gasteiger partial charge in [-0.05, 0) is 67.1 Å². The number of halogens is 4. The molecule has 39 heavy (non-hydrogen) atoms. The van der Waals surface area contributed by atoms with Crippen molar-refractivity contribution in [3.63, 3.8) is 0 Å². The van der Waals surface area contributed by atoms with Crippen molar-refractivity contribution in [2.24, 2.45) is 0 Å². The summed E-state index contributed by atoms with van der Waals surface area (Å²) in [5.74, 6) is -0.416. The number of rotatable bonds is 5. The number of pyridine rings is 1. The Kier molecular flexibility index (Phi) is 7.53. The van der Waals surface area contributed by atoms with Gasteiger partial charge in [0.15, 0.2) is 0 Å². The Bertz CT molecular complexity index is 1390. The number of hydrogen-bond acceptors (Lipinski definition) is 4. The van der Waals surface area contributed by atoms with E-state index < -0.39 is 11.7 Å². The van der Waals surface area contributed by atoms with Crippen LogP contribution in [0.25, 0.3) is 0 Å². The van der Waals surface area contributed by atoms with Crippen molar-refractivity contribution >= 4 is 29.1 Å². The van der Waals surface area contributed by atoms with Gasteiger partial charge in [-0.1, -0.05) is 29.8 Å². The molecule has 6 nitrogen and oxygen atoms in total. The summed E-state index contributed by atoms with van der Waals surface area (Å²) in [7, 11) is 1.74. The highest BCUT2D eigenvalue weighted by molar-refractivity contribution is 6.33. The molecule has 1 aromatic heterocycles. The predicted octanol–water partition coefficient (Wildman–Crippen LogP) is 5.91. The van der Waals surface area contributed by atoms with E-state index in [9.17, 15) is 22.8 Å². The summed E-state index contributed by atoms with van der Waals surface area (Å²) in [5, 5.41) is 3.43. The van der Waals surface area contributed by atoms with Crippen molar-refractivity contribution in [1.29, 1.82) is 0 Å². The van der Waals surface area contributed by atoms with Gasteiger partial charge in [-0.15, -0.1) is 0 Å². The minimum absolute atomic E-state index is 0.103. The van der Waals surface area contributed by atoms with Crippen LogP contribution in [-0.2, 0) is 12.6 Å². The molecule has 3 aromatic rings. The first kappa shape index (κ1) is 27.0. The second-order valence-electron chi connectivity index (χ2n) is 9.98. The molecule has 1 saturated heterocycles.